The minimum atomic E-state index is -0.679. The van der Waals surface area contributed by atoms with Crippen LogP contribution in [0.1, 0.15) is 72.6 Å². The Bertz CT molecular complexity index is 406. The third-order valence-corrected chi connectivity index (χ3v) is 5.98. The lowest BCUT2D eigenvalue weighted by atomic mass is 9.66. The molecular formula is C17H30N2O2. The van der Waals surface area contributed by atoms with Gasteiger partial charge in [0.1, 0.15) is 11.6 Å². The maximum absolute atomic E-state index is 13.1. The van der Waals surface area contributed by atoms with E-state index in [0.29, 0.717) is 19.3 Å². The standard InChI is InChI=1S/C17H30N2O2/c1-5-13-14(20)18-17(7-3,8-4)15(21)19(13)12-16(6-2)10-9-11-16/h13H,5-12H2,1-4H3,(H,18,20). The van der Waals surface area contributed by atoms with E-state index in [1.807, 2.05) is 25.7 Å². The van der Waals surface area contributed by atoms with Crippen molar-refractivity contribution in [2.24, 2.45) is 5.41 Å². The largest absolute Gasteiger partial charge is 0.340 e. The molecule has 2 fully saturated rings. The zero-order valence-corrected chi connectivity index (χ0v) is 14.0. The molecule has 1 saturated carbocycles. The van der Waals surface area contributed by atoms with Crippen molar-refractivity contribution in [3.8, 4) is 0 Å². The van der Waals surface area contributed by atoms with Crippen molar-refractivity contribution in [1.82, 2.24) is 10.2 Å². The molecule has 4 heteroatoms. The number of nitrogens with one attached hydrogen (secondary N) is 1. The van der Waals surface area contributed by atoms with Gasteiger partial charge in [-0.1, -0.05) is 34.1 Å². The van der Waals surface area contributed by atoms with Gasteiger partial charge in [0.05, 0.1) is 0 Å². The summed E-state index contributed by atoms with van der Waals surface area (Å²) < 4.78 is 0. The molecule has 1 unspecified atom stereocenters. The second kappa shape index (κ2) is 5.98. The van der Waals surface area contributed by atoms with E-state index in [0.717, 1.165) is 13.0 Å². The second-order valence-electron chi connectivity index (χ2n) is 6.84. The van der Waals surface area contributed by atoms with Gasteiger partial charge in [0.25, 0.3) is 0 Å². The maximum atomic E-state index is 13.1. The Labute approximate surface area is 128 Å². The van der Waals surface area contributed by atoms with Crippen molar-refractivity contribution in [3.05, 3.63) is 0 Å². The van der Waals surface area contributed by atoms with Crippen LogP contribution >= 0.6 is 0 Å². The van der Waals surface area contributed by atoms with Crippen LogP contribution in [0.4, 0.5) is 0 Å². The average Bonchev–Trinajstić information content (AvgIpc) is 2.46. The molecule has 1 atom stereocenters. The quantitative estimate of drug-likeness (QED) is 0.819. The number of rotatable bonds is 6. The number of carbonyl (C=O) groups is 2. The van der Waals surface area contributed by atoms with E-state index in [1.54, 1.807) is 0 Å². The van der Waals surface area contributed by atoms with Crippen LogP contribution < -0.4 is 5.32 Å². The van der Waals surface area contributed by atoms with E-state index >= 15 is 0 Å². The van der Waals surface area contributed by atoms with Gasteiger partial charge in [0, 0.05) is 6.54 Å². The zero-order chi connectivity index (χ0) is 15.7. The molecule has 2 aliphatic rings. The summed E-state index contributed by atoms with van der Waals surface area (Å²) in [6.07, 6.45) is 6.76. The van der Waals surface area contributed by atoms with Crippen molar-refractivity contribution < 1.29 is 9.59 Å². The molecule has 0 aromatic carbocycles. The highest BCUT2D eigenvalue weighted by molar-refractivity contribution is 5.99. The predicted molar refractivity (Wildman–Crippen MR) is 83.8 cm³/mol. The fourth-order valence-corrected chi connectivity index (χ4v) is 3.91. The van der Waals surface area contributed by atoms with Gasteiger partial charge in [-0.05, 0) is 43.9 Å². The highest BCUT2D eigenvalue weighted by Gasteiger charge is 2.50. The van der Waals surface area contributed by atoms with Gasteiger partial charge in [-0.15, -0.1) is 0 Å². The summed E-state index contributed by atoms with van der Waals surface area (Å²) in [5.74, 6) is 0.171. The SMILES string of the molecule is CCC1C(=O)NC(CC)(CC)C(=O)N1CC1(CC)CCC1. The summed E-state index contributed by atoms with van der Waals surface area (Å²) >= 11 is 0. The number of nitrogens with zero attached hydrogens (tertiary/aromatic N) is 1. The number of amides is 2. The Kier molecular flexibility index (Phi) is 4.64. The summed E-state index contributed by atoms with van der Waals surface area (Å²) in [6, 6.07) is -0.284. The first-order valence-electron chi connectivity index (χ1n) is 8.60. The molecule has 2 amide bonds. The van der Waals surface area contributed by atoms with Crippen LogP contribution in [0, 0.1) is 5.41 Å². The summed E-state index contributed by atoms with van der Waals surface area (Å²) in [7, 11) is 0. The van der Waals surface area contributed by atoms with E-state index in [-0.39, 0.29) is 23.3 Å². The lowest BCUT2D eigenvalue weighted by Gasteiger charge is -2.51. The summed E-state index contributed by atoms with van der Waals surface area (Å²) in [6.45, 7) is 8.95. The Morgan fingerprint density at radius 1 is 1.10 bits per heavy atom. The van der Waals surface area contributed by atoms with Crippen LogP contribution in [0.3, 0.4) is 0 Å². The first kappa shape index (κ1) is 16.3. The summed E-state index contributed by atoms with van der Waals surface area (Å²) in [4.78, 5) is 27.5. The molecule has 0 aromatic rings. The van der Waals surface area contributed by atoms with Crippen molar-refractivity contribution in [2.45, 2.75) is 84.2 Å². The van der Waals surface area contributed by atoms with Gasteiger partial charge in [0.2, 0.25) is 11.8 Å². The lowest BCUT2D eigenvalue weighted by molar-refractivity contribution is -0.159. The molecule has 0 aromatic heterocycles. The Morgan fingerprint density at radius 3 is 2.10 bits per heavy atom. The first-order valence-corrected chi connectivity index (χ1v) is 8.60. The van der Waals surface area contributed by atoms with Crippen LogP contribution in [0.5, 0.6) is 0 Å². The highest BCUT2D eigenvalue weighted by atomic mass is 16.2. The van der Waals surface area contributed by atoms with E-state index < -0.39 is 5.54 Å². The molecule has 1 aliphatic heterocycles. The fourth-order valence-electron chi connectivity index (χ4n) is 3.91. The van der Waals surface area contributed by atoms with Gasteiger partial charge in [-0.3, -0.25) is 9.59 Å². The van der Waals surface area contributed by atoms with Gasteiger partial charge in [-0.2, -0.15) is 0 Å². The molecule has 2 rings (SSSR count). The lowest BCUT2D eigenvalue weighted by Crippen LogP contribution is -2.71. The number of hydrogen-bond acceptors (Lipinski definition) is 2. The molecule has 120 valence electrons. The van der Waals surface area contributed by atoms with E-state index in [2.05, 4.69) is 12.2 Å². The maximum Gasteiger partial charge on any atom is 0.249 e. The average molecular weight is 294 g/mol. The van der Waals surface area contributed by atoms with Crippen molar-refractivity contribution in [1.29, 1.82) is 0 Å². The van der Waals surface area contributed by atoms with Crippen molar-refractivity contribution in [2.75, 3.05) is 6.54 Å². The van der Waals surface area contributed by atoms with E-state index in [1.165, 1.54) is 19.3 Å². The molecule has 1 saturated heterocycles. The molecule has 0 bridgehead atoms. The topological polar surface area (TPSA) is 49.4 Å². The Hall–Kier alpha value is -1.06. The van der Waals surface area contributed by atoms with Gasteiger partial charge in [-0.25, -0.2) is 0 Å². The van der Waals surface area contributed by atoms with E-state index in [9.17, 15) is 9.59 Å². The number of carbonyl (C=O) groups excluding carboxylic acids is 2. The van der Waals surface area contributed by atoms with Crippen molar-refractivity contribution in [3.63, 3.8) is 0 Å². The predicted octanol–water partition coefficient (Wildman–Crippen LogP) is 2.86. The fraction of sp³-hybridized carbons (Fsp3) is 0.882. The van der Waals surface area contributed by atoms with Crippen LogP contribution in [0.2, 0.25) is 0 Å². The van der Waals surface area contributed by atoms with Gasteiger partial charge < -0.3 is 10.2 Å². The normalized spacial score (nSPS) is 27.2. The molecule has 0 spiro atoms. The van der Waals surface area contributed by atoms with Crippen LogP contribution in [0.25, 0.3) is 0 Å². The molecule has 1 aliphatic carbocycles. The molecular weight excluding hydrogens is 264 g/mol. The van der Waals surface area contributed by atoms with Crippen molar-refractivity contribution >= 4 is 11.8 Å². The molecule has 4 nitrogen and oxygen atoms in total. The third kappa shape index (κ3) is 2.58. The Morgan fingerprint density at radius 2 is 1.71 bits per heavy atom. The molecule has 1 N–H and O–H groups in total. The second-order valence-corrected chi connectivity index (χ2v) is 6.84. The number of hydrogen-bond donors (Lipinski definition) is 1. The Balaban J connectivity index is 2.28. The molecule has 0 radical (unpaired) electrons. The van der Waals surface area contributed by atoms with Gasteiger partial charge >= 0.3 is 0 Å². The van der Waals surface area contributed by atoms with Crippen LogP contribution in [0.15, 0.2) is 0 Å². The highest BCUT2D eigenvalue weighted by Crippen LogP contribution is 2.45. The van der Waals surface area contributed by atoms with Gasteiger partial charge in [0.15, 0.2) is 0 Å². The first-order chi connectivity index (χ1) is 9.97. The van der Waals surface area contributed by atoms with Crippen LogP contribution in [-0.4, -0.2) is 34.8 Å². The summed E-state index contributed by atoms with van der Waals surface area (Å²) in [5, 5.41) is 3.02. The minimum absolute atomic E-state index is 0.0337. The monoisotopic (exact) mass is 294 g/mol. The number of piperazine rings is 1. The smallest absolute Gasteiger partial charge is 0.249 e. The zero-order valence-electron chi connectivity index (χ0n) is 14.0. The minimum Gasteiger partial charge on any atom is -0.340 e. The third-order valence-electron chi connectivity index (χ3n) is 5.98. The molecule has 1 heterocycles. The summed E-state index contributed by atoms with van der Waals surface area (Å²) in [5.41, 5.74) is -0.421. The van der Waals surface area contributed by atoms with E-state index in [4.69, 9.17) is 0 Å². The molecule has 21 heavy (non-hydrogen) atoms. The van der Waals surface area contributed by atoms with Crippen LogP contribution in [-0.2, 0) is 9.59 Å².